The summed E-state index contributed by atoms with van der Waals surface area (Å²) in [6.07, 6.45) is -10.8. The van der Waals surface area contributed by atoms with Crippen LogP contribution in [0.3, 0.4) is 0 Å². The lowest BCUT2D eigenvalue weighted by Gasteiger charge is -2.40. The van der Waals surface area contributed by atoms with E-state index in [1.165, 1.54) is 6.07 Å². The fraction of sp³-hybridized carbons (Fsp3) is 0.500. The Balaban J connectivity index is 1.64. The van der Waals surface area contributed by atoms with Gasteiger partial charge in [0.15, 0.2) is 6.29 Å². The third-order valence-electron chi connectivity index (χ3n) is 6.59. The van der Waals surface area contributed by atoms with Crippen LogP contribution < -0.4 is 5.32 Å². The van der Waals surface area contributed by atoms with E-state index < -0.39 is 36.4 Å². The third kappa shape index (κ3) is 5.08. The van der Waals surface area contributed by atoms with Crippen LogP contribution in [0, 0.1) is 31.5 Å². The molecule has 0 bridgehead atoms. The molecule has 4 rings (SSSR count). The Morgan fingerprint density at radius 1 is 0.912 bits per heavy atom. The standard InChI is InChI=1S/C24H24F7NO2/c1-12-4-20(25)13(2)3-18(12)21-19-9-32-8-15(19)11-34-22(21)33-10-14-5-16(23(26,27)28)7-17(6-14)24(29,30)31/h3-7,15,19,21-22,32H,8-11H2,1-2H3/t15-,19+,21-,22-/m0/s1. The molecule has 2 fully saturated rings. The summed E-state index contributed by atoms with van der Waals surface area (Å²) in [7, 11) is 0. The smallest absolute Gasteiger partial charge is 0.352 e. The van der Waals surface area contributed by atoms with E-state index in [9.17, 15) is 30.7 Å². The zero-order valence-corrected chi connectivity index (χ0v) is 18.5. The van der Waals surface area contributed by atoms with E-state index >= 15 is 0 Å². The summed E-state index contributed by atoms with van der Waals surface area (Å²) in [4.78, 5) is 0. The van der Waals surface area contributed by atoms with Gasteiger partial charge in [0.1, 0.15) is 5.82 Å². The molecule has 1 N–H and O–H groups in total. The maximum absolute atomic E-state index is 14.1. The minimum atomic E-state index is -4.94. The molecule has 0 unspecified atom stereocenters. The second-order valence-corrected chi connectivity index (χ2v) is 8.99. The largest absolute Gasteiger partial charge is 0.416 e. The van der Waals surface area contributed by atoms with Crippen LogP contribution in [0.15, 0.2) is 30.3 Å². The lowest BCUT2D eigenvalue weighted by molar-refractivity contribution is -0.203. The van der Waals surface area contributed by atoms with Gasteiger partial charge in [-0.3, -0.25) is 0 Å². The lowest BCUT2D eigenvalue weighted by Crippen LogP contribution is -2.42. The maximum Gasteiger partial charge on any atom is 0.416 e. The molecule has 4 atom stereocenters. The molecule has 2 aliphatic heterocycles. The van der Waals surface area contributed by atoms with Gasteiger partial charge in [0.25, 0.3) is 0 Å². The molecule has 186 valence electrons. The molecule has 0 amide bonds. The molecular weight excluding hydrogens is 467 g/mol. The number of rotatable bonds is 4. The Morgan fingerprint density at radius 3 is 2.18 bits per heavy atom. The lowest BCUT2D eigenvalue weighted by atomic mass is 9.76. The summed E-state index contributed by atoms with van der Waals surface area (Å²) >= 11 is 0. The summed E-state index contributed by atoms with van der Waals surface area (Å²) in [5.41, 5.74) is -1.15. The number of nitrogens with one attached hydrogen (secondary N) is 1. The molecule has 10 heteroatoms. The van der Waals surface area contributed by atoms with E-state index in [1.807, 2.05) is 0 Å². The van der Waals surface area contributed by atoms with Crippen LogP contribution in [-0.2, 0) is 28.4 Å². The second kappa shape index (κ2) is 9.13. The highest BCUT2D eigenvalue weighted by molar-refractivity contribution is 5.36. The molecule has 34 heavy (non-hydrogen) atoms. The van der Waals surface area contributed by atoms with Crippen LogP contribution in [0.25, 0.3) is 0 Å². The van der Waals surface area contributed by atoms with Gasteiger partial charge in [-0.15, -0.1) is 0 Å². The van der Waals surface area contributed by atoms with Crippen LogP contribution in [-0.4, -0.2) is 26.0 Å². The van der Waals surface area contributed by atoms with Crippen molar-refractivity contribution >= 4 is 0 Å². The number of benzene rings is 2. The number of fused-ring (bicyclic) bond motifs is 1. The van der Waals surface area contributed by atoms with Crippen LogP contribution in [0.1, 0.15) is 39.3 Å². The van der Waals surface area contributed by atoms with Gasteiger partial charge in [0.05, 0.1) is 24.3 Å². The van der Waals surface area contributed by atoms with Gasteiger partial charge in [-0.25, -0.2) is 4.39 Å². The zero-order chi connectivity index (χ0) is 24.8. The number of hydrogen-bond acceptors (Lipinski definition) is 3. The number of ether oxygens (including phenoxy) is 2. The highest BCUT2D eigenvalue weighted by atomic mass is 19.4. The van der Waals surface area contributed by atoms with Gasteiger partial charge in [0, 0.05) is 12.5 Å². The molecule has 2 aromatic rings. The number of aryl methyl sites for hydroxylation is 2. The Labute approximate surface area is 192 Å². The van der Waals surface area contributed by atoms with Gasteiger partial charge in [-0.1, -0.05) is 6.07 Å². The summed E-state index contributed by atoms with van der Waals surface area (Å²) in [6.45, 7) is 4.59. The number of halogens is 7. The Hall–Kier alpha value is -2.17. The average molecular weight is 491 g/mol. The van der Waals surface area contributed by atoms with Gasteiger partial charge < -0.3 is 14.8 Å². The first-order valence-electron chi connectivity index (χ1n) is 10.8. The van der Waals surface area contributed by atoms with Crippen molar-refractivity contribution < 1.29 is 40.2 Å². The topological polar surface area (TPSA) is 30.5 Å². The molecule has 0 spiro atoms. The van der Waals surface area contributed by atoms with E-state index in [1.54, 1.807) is 19.9 Å². The van der Waals surface area contributed by atoms with Crippen molar-refractivity contribution in [3.05, 3.63) is 69.5 Å². The van der Waals surface area contributed by atoms with Crippen molar-refractivity contribution in [2.24, 2.45) is 11.8 Å². The molecule has 2 aromatic carbocycles. The van der Waals surface area contributed by atoms with Crippen LogP contribution in [0.5, 0.6) is 0 Å². The molecule has 2 saturated heterocycles. The SMILES string of the molecule is Cc1cc([C@@H]2[C@@H](OCc3cc(C(F)(F)F)cc(C(F)(F)F)c3)OC[C@@H]3CNC[C@H]32)c(C)cc1F. The fourth-order valence-corrected chi connectivity index (χ4v) is 4.85. The maximum atomic E-state index is 14.1. The van der Waals surface area contributed by atoms with Crippen molar-refractivity contribution in [3.8, 4) is 0 Å². The van der Waals surface area contributed by atoms with E-state index in [-0.39, 0.29) is 35.2 Å². The van der Waals surface area contributed by atoms with E-state index in [4.69, 9.17) is 9.47 Å². The predicted molar refractivity (Wildman–Crippen MR) is 109 cm³/mol. The van der Waals surface area contributed by atoms with Crippen molar-refractivity contribution in [2.75, 3.05) is 19.7 Å². The number of alkyl halides is 6. The van der Waals surface area contributed by atoms with Crippen molar-refractivity contribution in [3.63, 3.8) is 0 Å². The summed E-state index contributed by atoms with van der Waals surface area (Å²) in [5, 5.41) is 3.29. The van der Waals surface area contributed by atoms with Gasteiger partial charge in [0.2, 0.25) is 0 Å². The second-order valence-electron chi connectivity index (χ2n) is 8.99. The summed E-state index contributed by atoms with van der Waals surface area (Å²) < 4.78 is 105. The molecule has 0 aromatic heterocycles. The van der Waals surface area contributed by atoms with Crippen LogP contribution >= 0.6 is 0 Å². The zero-order valence-electron chi connectivity index (χ0n) is 18.5. The quantitative estimate of drug-likeness (QED) is 0.535. The monoisotopic (exact) mass is 491 g/mol. The Morgan fingerprint density at radius 2 is 1.56 bits per heavy atom. The Bertz CT molecular complexity index is 1020. The van der Waals surface area contributed by atoms with Crippen molar-refractivity contribution in [1.29, 1.82) is 0 Å². The van der Waals surface area contributed by atoms with E-state index in [2.05, 4.69) is 5.32 Å². The first-order valence-corrected chi connectivity index (χ1v) is 10.8. The van der Waals surface area contributed by atoms with Crippen molar-refractivity contribution in [2.45, 2.75) is 45.0 Å². The molecule has 0 radical (unpaired) electrons. The van der Waals surface area contributed by atoms with E-state index in [0.29, 0.717) is 36.4 Å². The summed E-state index contributed by atoms with van der Waals surface area (Å²) in [6, 6.07) is 4.52. The molecule has 0 saturated carbocycles. The average Bonchev–Trinajstić information content (AvgIpc) is 3.22. The van der Waals surface area contributed by atoms with Gasteiger partial charge in [-0.05, 0) is 78.7 Å². The highest BCUT2D eigenvalue weighted by Crippen LogP contribution is 2.43. The molecular formula is C24H24F7NO2. The molecule has 2 heterocycles. The predicted octanol–water partition coefficient (Wildman–Crippen LogP) is 5.97. The first-order chi connectivity index (χ1) is 15.8. The van der Waals surface area contributed by atoms with Crippen molar-refractivity contribution in [1.82, 2.24) is 5.32 Å². The van der Waals surface area contributed by atoms with Gasteiger partial charge >= 0.3 is 12.4 Å². The molecule has 2 aliphatic rings. The molecule has 0 aliphatic carbocycles. The minimum absolute atomic E-state index is 0.0644. The normalized spacial score (nSPS) is 25.4. The number of hydrogen-bond donors (Lipinski definition) is 1. The fourth-order valence-electron chi connectivity index (χ4n) is 4.85. The van der Waals surface area contributed by atoms with Crippen LogP contribution in [0.2, 0.25) is 0 Å². The Kier molecular flexibility index (Phi) is 6.69. The van der Waals surface area contributed by atoms with Gasteiger partial charge in [-0.2, -0.15) is 26.3 Å². The molecule has 3 nitrogen and oxygen atoms in total. The highest BCUT2D eigenvalue weighted by Gasteiger charge is 2.45. The van der Waals surface area contributed by atoms with E-state index in [0.717, 1.165) is 12.1 Å². The van der Waals surface area contributed by atoms with Crippen LogP contribution in [0.4, 0.5) is 30.7 Å². The summed E-state index contributed by atoms with van der Waals surface area (Å²) in [5.74, 6) is -0.490. The third-order valence-corrected chi connectivity index (χ3v) is 6.59. The minimum Gasteiger partial charge on any atom is -0.352 e. The first kappa shape index (κ1) is 24.9.